The molecule has 0 bridgehead atoms. The molecule has 2 nitrogen and oxygen atoms in total. The van der Waals surface area contributed by atoms with Crippen LogP contribution in [0.3, 0.4) is 0 Å². The molecule has 0 unspecified atom stereocenters. The highest BCUT2D eigenvalue weighted by Crippen LogP contribution is 2.40. The molecular formula is C14H26N2S. The summed E-state index contributed by atoms with van der Waals surface area (Å²) in [6, 6.07) is 0. The summed E-state index contributed by atoms with van der Waals surface area (Å²) >= 11 is 1.90. The average Bonchev–Trinajstić information content (AvgIpc) is 2.77. The zero-order valence-corrected chi connectivity index (χ0v) is 12.3. The summed E-state index contributed by atoms with van der Waals surface area (Å²) in [4.78, 5) is 4.68. The Balaban J connectivity index is 1.84. The highest BCUT2D eigenvalue weighted by atomic mass is 32.2. The summed E-state index contributed by atoms with van der Waals surface area (Å²) in [5.41, 5.74) is 0.946. The Morgan fingerprint density at radius 2 is 2.00 bits per heavy atom. The van der Waals surface area contributed by atoms with Gasteiger partial charge in [0, 0.05) is 18.8 Å². The summed E-state index contributed by atoms with van der Waals surface area (Å²) in [5, 5.41) is 4.79. The van der Waals surface area contributed by atoms with Gasteiger partial charge in [-0.2, -0.15) is 0 Å². The molecule has 0 amide bonds. The van der Waals surface area contributed by atoms with Crippen molar-refractivity contribution in [2.45, 2.75) is 52.9 Å². The third kappa shape index (κ3) is 3.40. The molecule has 1 heterocycles. The number of rotatable bonds is 3. The zero-order chi connectivity index (χ0) is 12.4. The molecule has 0 aromatic heterocycles. The van der Waals surface area contributed by atoms with Crippen molar-refractivity contribution < 1.29 is 0 Å². The van der Waals surface area contributed by atoms with E-state index in [2.05, 4.69) is 31.1 Å². The topological polar surface area (TPSA) is 24.4 Å². The Labute approximate surface area is 110 Å². The predicted molar refractivity (Wildman–Crippen MR) is 77.7 cm³/mol. The minimum Gasteiger partial charge on any atom is -0.364 e. The zero-order valence-electron chi connectivity index (χ0n) is 11.5. The van der Waals surface area contributed by atoms with Crippen LogP contribution < -0.4 is 5.32 Å². The first-order valence-corrected chi connectivity index (χ1v) is 7.95. The Morgan fingerprint density at radius 1 is 1.29 bits per heavy atom. The van der Waals surface area contributed by atoms with Crippen LogP contribution in [0.5, 0.6) is 0 Å². The molecule has 98 valence electrons. The normalized spacial score (nSPS) is 26.6. The first kappa shape index (κ1) is 13.3. The largest absolute Gasteiger partial charge is 0.364 e. The molecule has 17 heavy (non-hydrogen) atoms. The molecule has 1 aliphatic heterocycles. The van der Waals surface area contributed by atoms with E-state index in [1.807, 2.05) is 11.8 Å². The Kier molecular flexibility index (Phi) is 4.06. The molecule has 3 heteroatoms. The van der Waals surface area contributed by atoms with Gasteiger partial charge in [-0.25, -0.2) is 0 Å². The second kappa shape index (κ2) is 5.21. The highest BCUT2D eigenvalue weighted by Gasteiger charge is 2.32. The first-order chi connectivity index (χ1) is 8.05. The Bertz CT molecular complexity index is 291. The van der Waals surface area contributed by atoms with Crippen LogP contribution >= 0.6 is 11.8 Å². The molecule has 1 N–H and O–H groups in total. The van der Waals surface area contributed by atoms with Crippen molar-refractivity contribution in [2.24, 2.45) is 15.8 Å². The summed E-state index contributed by atoms with van der Waals surface area (Å²) in [5.74, 6) is 1.19. The van der Waals surface area contributed by atoms with Gasteiger partial charge >= 0.3 is 0 Å². The molecule has 0 atom stereocenters. The van der Waals surface area contributed by atoms with Gasteiger partial charge in [-0.3, -0.25) is 4.99 Å². The smallest absolute Gasteiger partial charge is 0.156 e. The average molecular weight is 254 g/mol. The van der Waals surface area contributed by atoms with E-state index in [-0.39, 0.29) is 0 Å². The van der Waals surface area contributed by atoms with Gasteiger partial charge in [0.25, 0.3) is 0 Å². The summed E-state index contributed by atoms with van der Waals surface area (Å²) < 4.78 is 0. The predicted octanol–water partition coefficient (Wildman–Crippen LogP) is 3.68. The number of thioether (sulfide) groups is 1. The SMILES string of the molecule is CCC1(CNC2=NCC(C)(C)CS2)CCCC1. The maximum absolute atomic E-state index is 4.68. The van der Waals surface area contributed by atoms with Gasteiger partial charge in [0.05, 0.1) is 0 Å². The van der Waals surface area contributed by atoms with Gasteiger partial charge in [0.15, 0.2) is 5.17 Å². The molecule has 0 aromatic carbocycles. The summed E-state index contributed by atoms with van der Waals surface area (Å²) in [7, 11) is 0. The van der Waals surface area contributed by atoms with E-state index in [1.54, 1.807) is 0 Å². The summed E-state index contributed by atoms with van der Waals surface area (Å²) in [6.45, 7) is 9.04. The van der Waals surface area contributed by atoms with E-state index < -0.39 is 0 Å². The molecule has 0 spiro atoms. The molecule has 1 fully saturated rings. The lowest BCUT2D eigenvalue weighted by Crippen LogP contribution is -2.37. The Hall–Kier alpha value is -0.180. The minimum atomic E-state index is 0.381. The monoisotopic (exact) mass is 254 g/mol. The molecule has 0 aromatic rings. The molecule has 0 saturated heterocycles. The third-order valence-corrected chi connectivity index (χ3v) is 5.75. The van der Waals surface area contributed by atoms with Gasteiger partial charge in [0.2, 0.25) is 0 Å². The van der Waals surface area contributed by atoms with E-state index in [4.69, 9.17) is 0 Å². The van der Waals surface area contributed by atoms with Crippen molar-refractivity contribution in [2.75, 3.05) is 18.8 Å². The van der Waals surface area contributed by atoms with Gasteiger partial charge < -0.3 is 5.32 Å². The highest BCUT2D eigenvalue weighted by molar-refractivity contribution is 8.13. The fourth-order valence-electron chi connectivity index (χ4n) is 2.79. The first-order valence-electron chi connectivity index (χ1n) is 6.96. The summed E-state index contributed by atoms with van der Waals surface area (Å²) in [6.07, 6.45) is 6.95. The van der Waals surface area contributed by atoms with Crippen LogP contribution in [-0.2, 0) is 0 Å². The van der Waals surface area contributed by atoms with Gasteiger partial charge in [-0.05, 0) is 30.1 Å². The fourth-order valence-corrected chi connectivity index (χ4v) is 3.74. The van der Waals surface area contributed by atoms with Crippen LogP contribution in [0.25, 0.3) is 0 Å². The molecule has 1 saturated carbocycles. The van der Waals surface area contributed by atoms with Crippen molar-refractivity contribution in [3.05, 3.63) is 0 Å². The maximum atomic E-state index is 4.68. The lowest BCUT2D eigenvalue weighted by Gasteiger charge is -2.31. The van der Waals surface area contributed by atoms with Crippen molar-refractivity contribution in [1.82, 2.24) is 5.32 Å². The second-order valence-corrected chi connectivity index (χ2v) is 7.45. The van der Waals surface area contributed by atoms with Gasteiger partial charge in [-0.1, -0.05) is 45.4 Å². The molecule has 0 radical (unpaired) electrons. The van der Waals surface area contributed by atoms with Crippen molar-refractivity contribution >= 4 is 16.9 Å². The van der Waals surface area contributed by atoms with E-state index in [9.17, 15) is 0 Å². The van der Waals surface area contributed by atoms with Crippen molar-refractivity contribution in [1.29, 1.82) is 0 Å². The van der Waals surface area contributed by atoms with Crippen molar-refractivity contribution in [3.63, 3.8) is 0 Å². The number of amidine groups is 1. The fraction of sp³-hybridized carbons (Fsp3) is 0.929. The number of hydrogen-bond donors (Lipinski definition) is 1. The third-order valence-electron chi connectivity index (χ3n) is 4.28. The van der Waals surface area contributed by atoms with Crippen molar-refractivity contribution in [3.8, 4) is 0 Å². The van der Waals surface area contributed by atoms with Crippen LogP contribution in [0.15, 0.2) is 4.99 Å². The molecule has 2 aliphatic rings. The number of aliphatic imine (C=N–C) groups is 1. The Morgan fingerprint density at radius 3 is 2.53 bits per heavy atom. The number of nitrogens with zero attached hydrogens (tertiary/aromatic N) is 1. The minimum absolute atomic E-state index is 0.381. The van der Waals surface area contributed by atoms with Crippen LogP contribution in [0.4, 0.5) is 0 Å². The van der Waals surface area contributed by atoms with E-state index in [1.165, 1.54) is 43.0 Å². The van der Waals surface area contributed by atoms with Gasteiger partial charge in [0.1, 0.15) is 0 Å². The van der Waals surface area contributed by atoms with Gasteiger partial charge in [-0.15, -0.1) is 0 Å². The number of nitrogens with one attached hydrogen (secondary N) is 1. The van der Waals surface area contributed by atoms with Crippen LogP contribution in [0, 0.1) is 10.8 Å². The number of hydrogen-bond acceptors (Lipinski definition) is 3. The lowest BCUT2D eigenvalue weighted by atomic mass is 9.83. The quantitative estimate of drug-likeness (QED) is 0.831. The van der Waals surface area contributed by atoms with E-state index in [0.717, 1.165) is 13.1 Å². The molecule has 1 aliphatic carbocycles. The van der Waals surface area contributed by atoms with Crippen LogP contribution in [-0.4, -0.2) is 24.0 Å². The van der Waals surface area contributed by atoms with E-state index >= 15 is 0 Å². The van der Waals surface area contributed by atoms with Crippen LogP contribution in [0.1, 0.15) is 52.9 Å². The van der Waals surface area contributed by atoms with Crippen LogP contribution in [0.2, 0.25) is 0 Å². The maximum Gasteiger partial charge on any atom is 0.156 e. The molecule has 2 rings (SSSR count). The standard InChI is InChI=1S/C14H26N2S/c1-4-14(7-5-6-8-14)10-16-12-15-9-13(2,3)11-17-12/h4-11H2,1-3H3,(H,15,16). The molecular weight excluding hydrogens is 228 g/mol. The van der Waals surface area contributed by atoms with E-state index in [0.29, 0.717) is 10.8 Å². The lowest BCUT2D eigenvalue weighted by molar-refractivity contribution is 0.285. The second-order valence-electron chi connectivity index (χ2n) is 6.49.